The number of aryl methyl sites for hydroxylation is 1. The van der Waals surface area contributed by atoms with Crippen LogP contribution >= 0.6 is 0 Å². The van der Waals surface area contributed by atoms with Gasteiger partial charge in [-0.1, -0.05) is 53.7 Å². The predicted molar refractivity (Wildman–Crippen MR) is 95.0 cm³/mol. The van der Waals surface area contributed by atoms with Gasteiger partial charge in [-0.25, -0.2) is 9.48 Å². The molecule has 1 N–H and O–H groups in total. The van der Waals surface area contributed by atoms with Gasteiger partial charge in [0.05, 0.1) is 11.3 Å². The molecule has 126 valence electrons. The van der Waals surface area contributed by atoms with Gasteiger partial charge in [0.2, 0.25) is 0 Å². The highest BCUT2D eigenvalue weighted by Gasteiger charge is 2.20. The van der Waals surface area contributed by atoms with Crippen LogP contribution in [0.1, 0.15) is 23.7 Å². The predicted octanol–water partition coefficient (Wildman–Crippen LogP) is 2.79. The molecule has 0 bridgehead atoms. The molecule has 0 saturated carbocycles. The van der Waals surface area contributed by atoms with Gasteiger partial charge < -0.3 is 4.84 Å². The zero-order chi connectivity index (χ0) is 17.8. The number of aromatic amines is 1. The first-order chi connectivity index (χ1) is 12.1. The van der Waals surface area contributed by atoms with Crippen molar-refractivity contribution in [1.82, 2.24) is 9.78 Å². The van der Waals surface area contributed by atoms with Crippen LogP contribution in [-0.2, 0) is 9.63 Å². The second-order valence-electron chi connectivity index (χ2n) is 5.48. The van der Waals surface area contributed by atoms with Gasteiger partial charge in [0.15, 0.2) is 0 Å². The molecule has 0 unspecified atom stereocenters. The Morgan fingerprint density at radius 1 is 1.04 bits per heavy atom. The summed E-state index contributed by atoms with van der Waals surface area (Å²) >= 11 is 0. The molecule has 1 aromatic heterocycles. The minimum atomic E-state index is -0.551. The number of carbonyl (C=O) groups is 1. The first kappa shape index (κ1) is 16.4. The summed E-state index contributed by atoms with van der Waals surface area (Å²) in [6.45, 7) is 3.04. The molecule has 0 aliphatic rings. The van der Waals surface area contributed by atoms with Crippen molar-refractivity contribution in [2.75, 3.05) is 0 Å². The Labute approximate surface area is 144 Å². The lowest BCUT2D eigenvalue weighted by Crippen LogP contribution is -2.21. The molecular formula is C19H17N3O3. The number of hydrogen-bond acceptors (Lipinski definition) is 4. The summed E-state index contributed by atoms with van der Waals surface area (Å²) < 4.78 is 1.44. The van der Waals surface area contributed by atoms with Crippen LogP contribution in [0.15, 0.2) is 70.6 Å². The Hall–Kier alpha value is -3.41. The van der Waals surface area contributed by atoms with E-state index in [0.29, 0.717) is 28.2 Å². The van der Waals surface area contributed by atoms with Gasteiger partial charge in [0.1, 0.15) is 5.71 Å². The van der Waals surface area contributed by atoms with Gasteiger partial charge in [0, 0.05) is 18.2 Å². The molecule has 0 fully saturated rings. The van der Waals surface area contributed by atoms with E-state index in [4.69, 9.17) is 4.84 Å². The number of oxime groups is 1. The molecule has 0 aliphatic heterocycles. The van der Waals surface area contributed by atoms with E-state index in [1.165, 1.54) is 11.6 Å². The second-order valence-corrected chi connectivity index (χ2v) is 5.48. The van der Waals surface area contributed by atoms with Crippen molar-refractivity contribution in [1.29, 1.82) is 0 Å². The Kier molecular flexibility index (Phi) is 4.61. The van der Waals surface area contributed by atoms with Crippen LogP contribution < -0.4 is 5.56 Å². The lowest BCUT2D eigenvalue weighted by Gasteiger charge is -2.04. The Morgan fingerprint density at radius 2 is 1.64 bits per heavy atom. The Morgan fingerprint density at radius 3 is 2.24 bits per heavy atom. The first-order valence-electron chi connectivity index (χ1n) is 7.76. The zero-order valence-corrected chi connectivity index (χ0v) is 13.9. The topological polar surface area (TPSA) is 76.4 Å². The van der Waals surface area contributed by atoms with Crippen LogP contribution in [-0.4, -0.2) is 21.5 Å². The number of aromatic nitrogens is 2. The summed E-state index contributed by atoms with van der Waals surface area (Å²) in [5, 5.41) is 6.98. The summed E-state index contributed by atoms with van der Waals surface area (Å²) in [5.74, 6) is -0.551. The molecule has 0 amide bonds. The van der Waals surface area contributed by atoms with Crippen molar-refractivity contribution >= 4 is 11.7 Å². The standard InChI is InChI=1S/C19H17N3O3/c1-13-17(19(24)22(20-13)16-11-7-4-8-12-16)18(21-25-14(2)23)15-9-5-3-6-10-15/h3-12,20H,1-2H3/b21-18-. The van der Waals surface area contributed by atoms with E-state index in [2.05, 4.69) is 10.3 Å². The normalized spacial score (nSPS) is 11.4. The van der Waals surface area contributed by atoms with E-state index in [9.17, 15) is 9.59 Å². The van der Waals surface area contributed by atoms with Crippen LogP contribution in [0.3, 0.4) is 0 Å². The van der Waals surface area contributed by atoms with Gasteiger partial charge >= 0.3 is 5.97 Å². The lowest BCUT2D eigenvalue weighted by atomic mass is 10.0. The Bertz CT molecular complexity index is 970. The highest BCUT2D eigenvalue weighted by atomic mass is 16.7. The second kappa shape index (κ2) is 7.00. The van der Waals surface area contributed by atoms with Crippen molar-refractivity contribution in [3.63, 3.8) is 0 Å². The van der Waals surface area contributed by atoms with Gasteiger partial charge in [-0.3, -0.25) is 9.89 Å². The first-order valence-corrected chi connectivity index (χ1v) is 7.76. The maximum Gasteiger partial charge on any atom is 0.332 e. The average molecular weight is 335 g/mol. The molecule has 6 nitrogen and oxygen atoms in total. The van der Waals surface area contributed by atoms with Crippen molar-refractivity contribution in [3.05, 3.63) is 87.8 Å². The van der Waals surface area contributed by atoms with Crippen molar-refractivity contribution in [2.24, 2.45) is 5.16 Å². The molecule has 0 saturated heterocycles. The van der Waals surface area contributed by atoms with Crippen LogP contribution in [0.4, 0.5) is 0 Å². The molecule has 0 radical (unpaired) electrons. The number of hydrogen-bond donors (Lipinski definition) is 1. The number of para-hydroxylation sites is 1. The third-order valence-electron chi connectivity index (χ3n) is 3.64. The maximum absolute atomic E-state index is 13.0. The van der Waals surface area contributed by atoms with E-state index >= 15 is 0 Å². The van der Waals surface area contributed by atoms with E-state index in [-0.39, 0.29) is 5.56 Å². The zero-order valence-electron chi connectivity index (χ0n) is 13.9. The largest absolute Gasteiger partial charge is 0.332 e. The third-order valence-corrected chi connectivity index (χ3v) is 3.64. The smallest absolute Gasteiger partial charge is 0.318 e. The number of benzene rings is 2. The van der Waals surface area contributed by atoms with E-state index in [1.54, 1.807) is 19.1 Å². The van der Waals surface area contributed by atoms with E-state index < -0.39 is 5.97 Å². The molecule has 2 aromatic carbocycles. The number of carbonyl (C=O) groups excluding carboxylic acids is 1. The molecular weight excluding hydrogens is 318 g/mol. The summed E-state index contributed by atoms with van der Waals surface area (Å²) in [5.41, 5.74) is 2.42. The fraction of sp³-hybridized carbons (Fsp3) is 0.105. The summed E-state index contributed by atoms with van der Waals surface area (Å²) in [7, 11) is 0. The molecule has 0 spiro atoms. The van der Waals surface area contributed by atoms with E-state index in [0.717, 1.165) is 0 Å². The van der Waals surface area contributed by atoms with Crippen LogP contribution in [0.5, 0.6) is 0 Å². The van der Waals surface area contributed by atoms with Gasteiger partial charge in [-0.2, -0.15) is 0 Å². The molecule has 1 heterocycles. The van der Waals surface area contributed by atoms with Gasteiger partial charge in [0.25, 0.3) is 5.56 Å². The highest BCUT2D eigenvalue weighted by molar-refractivity contribution is 6.13. The average Bonchev–Trinajstić information content (AvgIpc) is 2.92. The molecule has 3 aromatic rings. The number of nitrogens with zero attached hydrogens (tertiary/aromatic N) is 2. The maximum atomic E-state index is 13.0. The van der Waals surface area contributed by atoms with Crippen molar-refractivity contribution in [3.8, 4) is 5.69 Å². The fourth-order valence-corrected chi connectivity index (χ4v) is 2.53. The molecule has 6 heteroatoms. The Balaban J connectivity index is 2.18. The molecule has 3 rings (SSSR count). The lowest BCUT2D eigenvalue weighted by molar-refractivity contribution is -0.140. The quantitative estimate of drug-likeness (QED) is 0.452. The van der Waals surface area contributed by atoms with E-state index in [1.807, 2.05) is 48.5 Å². The monoisotopic (exact) mass is 335 g/mol. The van der Waals surface area contributed by atoms with Crippen molar-refractivity contribution in [2.45, 2.75) is 13.8 Å². The summed E-state index contributed by atoms with van der Waals surface area (Å²) in [6.07, 6.45) is 0. The highest BCUT2D eigenvalue weighted by Crippen LogP contribution is 2.13. The number of nitrogens with one attached hydrogen (secondary N) is 1. The fourth-order valence-electron chi connectivity index (χ4n) is 2.53. The number of rotatable bonds is 4. The summed E-state index contributed by atoms with van der Waals surface area (Å²) in [4.78, 5) is 29.0. The molecule has 0 atom stereocenters. The van der Waals surface area contributed by atoms with Gasteiger partial charge in [-0.15, -0.1) is 0 Å². The number of H-pyrrole nitrogens is 1. The third kappa shape index (κ3) is 3.42. The molecule has 0 aliphatic carbocycles. The van der Waals surface area contributed by atoms with Crippen molar-refractivity contribution < 1.29 is 9.63 Å². The minimum absolute atomic E-state index is 0.265. The summed E-state index contributed by atoms with van der Waals surface area (Å²) in [6, 6.07) is 18.4. The van der Waals surface area contributed by atoms with Crippen LogP contribution in [0.25, 0.3) is 5.69 Å². The minimum Gasteiger partial charge on any atom is -0.318 e. The van der Waals surface area contributed by atoms with Crippen LogP contribution in [0, 0.1) is 6.92 Å². The SMILES string of the molecule is CC(=O)O/N=C(/c1ccccc1)c1c(C)[nH]n(-c2ccccc2)c1=O. The molecule has 25 heavy (non-hydrogen) atoms. The van der Waals surface area contributed by atoms with Gasteiger partial charge in [-0.05, 0) is 19.1 Å². The van der Waals surface area contributed by atoms with Crippen LogP contribution in [0.2, 0.25) is 0 Å².